The molecule has 0 unspecified atom stereocenters. The van der Waals surface area contributed by atoms with Crippen LogP contribution >= 0.6 is 11.3 Å². The Hall–Kier alpha value is -2.25. The third kappa shape index (κ3) is 4.64. The number of nitrogens with one attached hydrogen (secondary N) is 1. The molecule has 1 aromatic heterocycles. The Balaban J connectivity index is 1.52. The van der Waals surface area contributed by atoms with E-state index in [1.54, 1.807) is 6.92 Å². The molecule has 3 rings (SSSR count). The first-order valence-corrected chi connectivity index (χ1v) is 9.19. The summed E-state index contributed by atoms with van der Waals surface area (Å²) in [7, 11) is 0. The smallest absolute Gasteiger partial charge is 0.240 e. The number of hydrogen-bond acceptors (Lipinski definition) is 5. The quantitative estimate of drug-likeness (QED) is 0.910. The highest BCUT2D eigenvalue weighted by Gasteiger charge is 2.20. The van der Waals surface area contributed by atoms with Gasteiger partial charge in [0, 0.05) is 44.0 Å². The highest BCUT2D eigenvalue weighted by Crippen LogP contribution is 2.25. The first kappa shape index (κ1) is 17.6. The lowest BCUT2D eigenvalue weighted by Gasteiger charge is -2.33. The Morgan fingerprint density at radius 1 is 1.16 bits per heavy atom. The fraction of sp³-hybridized carbons (Fsp3) is 0.389. The van der Waals surface area contributed by atoms with Gasteiger partial charge in [-0.3, -0.25) is 14.5 Å². The molecule has 1 aromatic carbocycles. The number of amides is 2. The molecule has 1 N–H and O–H groups in total. The molecule has 1 fully saturated rings. The Morgan fingerprint density at radius 3 is 2.48 bits per heavy atom. The van der Waals surface area contributed by atoms with E-state index in [4.69, 9.17) is 0 Å². The summed E-state index contributed by atoms with van der Waals surface area (Å²) in [6.07, 6.45) is 0. The molecule has 1 aliphatic heterocycles. The number of benzene rings is 1. The molecule has 0 bridgehead atoms. The van der Waals surface area contributed by atoms with E-state index in [-0.39, 0.29) is 11.8 Å². The van der Waals surface area contributed by atoms with E-state index in [0.717, 1.165) is 24.3 Å². The van der Waals surface area contributed by atoms with Crippen LogP contribution in [0.15, 0.2) is 29.6 Å². The number of nitrogens with zero attached hydrogens (tertiary/aromatic N) is 3. The van der Waals surface area contributed by atoms with E-state index in [1.807, 2.05) is 41.5 Å². The topological polar surface area (TPSA) is 65.5 Å². The summed E-state index contributed by atoms with van der Waals surface area (Å²) in [5.41, 5.74) is 3.12. The van der Waals surface area contributed by atoms with Crippen LogP contribution in [0, 0.1) is 6.92 Å². The van der Waals surface area contributed by atoms with Gasteiger partial charge >= 0.3 is 0 Å². The molecule has 25 heavy (non-hydrogen) atoms. The van der Waals surface area contributed by atoms with Gasteiger partial charge in [0.2, 0.25) is 11.8 Å². The lowest BCUT2D eigenvalue weighted by Crippen LogP contribution is -2.49. The lowest BCUT2D eigenvalue weighted by atomic mass is 10.1. The molecular weight excluding hydrogens is 336 g/mol. The number of piperazine rings is 1. The number of aromatic nitrogens is 1. The molecule has 0 saturated carbocycles. The van der Waals surface area contributed by atoms with Crippen molar-refractivity contribution in [1.29, 1.82) is 0 Å². The van der Waals surface area contributed by atoms with Crippen LogP contribution in [0.25, 0.3) is 11.3 Å². The molecule has 0 aliphatic carbocycles. The summed E-state index contributed by atoms with van der Waals surface area (Å²) in [6.45, 7) is 6.75. The monoisotopic (exact) mass is 358 g/mol. The number of carbonyl (C=O) groups is 2. The van der Waals surface area contributed by atoms with Crippen LogP contribution in [0.2, 0.25) is 0 Å². The third-order valence-electron chi connectivity index (χ3n) is 4.28. The zero-order valence-corrected chi connectivity index (χ0v) is 15.3. The van der Waals surface area contributed by atoms with Crippen LogP contribution in [0.1, 0.15) is 12.5 Å². The number of aryl methyl sites for hydroxylation is 1. The van der Waals surface area contributed by atoms with E-state index in [9.17, 15) is 9.59 Å². The second kappa shape index (κ2) is 7.76. The first-order chi connectivity index (χ1) is 12.0. The van der Waals surface area contributed by atoms with Crippen molar-refractivity contribution in [3.63, 3.8) is 0 Å². The highest BCUT2D eigenvalue weighted by atomic mass is 32.1. The molecule has 2 aromatic rings. The molecule has 0 atom stereocenters. The first-order valence-electron chi connectivity index (χ1n) is 8.31. The number of anilines is 1. The van der Waals surface area contributed by atoms with Crippen molar-refractivity contribution >= 4 is 28.3 Å². The van der Waals surface area contributed by atoms with Crippen molar-refractivity contribution in [1.82, 2.24) is 14.8 Å². The summed E-state index contributed by atoms with van der Waals surface area (Å²) in [5.74, 6) is 0.0246. The minimum absolute atomic E-state index is 0.0684. The molecule has 1 saturated heterocycles. The molecule has 132 valence electrons. The number of rotatable bonds is 4. The summed E-state index contributed by atoms with van der Waals surface area (Å²) in [6, 6.07) is 8.16. The summed E-state index contributed by atoms with van der Waals surface area (Å²) < 4.78 is 0. The van der Waals surface area contributed by atoms with Crippen molar-refractivity contribution in [3.05, 3.63) is 35.2 Å². The van der Waals surface area contributed by atoms with Crippen LogP contribution in [0.3, 0.4) is 0 Å². The fourth-order valence-corrected chi connectivity index (χ4v) is 3.51. The van der Waals surface area contributed by atoms with Crippen molar-refractivity contribution in [2.75, 3.05) is 38.0 Å². The zero-order chi connectivity index (χ0) is 17.8. The third-order valence-corrected chi connectivity index (χ3v) is 5.04. The largest absolute Gasteiger partial charge is 0.340 e. The van der Waals surface area contributed by atoms with E-state index in [2.05, 4.69) is 15.2 Å². The maximum absolute atomic E-state index is 12.2. The van der Waals surface area contributed by atoms with Gasteiger partial charge in [0.05, 0.1) is 12.2 Å². The summed E-state index contributed by atoms with van der Waals surface area (Å²) >= 11 is 1.43. The minimum Gasteiger partial charge on any atom is -0.340 e. The molecule has 6 nitrogen and oxygen atoms in total. The molecule has 2 heterocycles. The lowest BCUT2D eigenvalue weighted by molar-refractivity contribution is -0.130. The van der Waals surface area contributed by atoms with Gasteiger partial charge in [-0.15, -0.1) is 11.3 Å². The SMILES string of the molecule is CC(=O)N1CCN(CC(=O)Nc2nc(-c3ccc(C)cc3)cs2)CC1. The van der Waals surface area contributed by atoms with Gasteiger partial charge in [0.15, 0.2) is 5.13 Å². The van der Waals surface area contributed by atoms with Gasteiger partial charge in [0.1, 0.15) is 0 Å². The van der Waals surface area contributed by atoms with E-state index < -0.39 is 0 Å². The summed E-state index contributed by atoms with van der Waals surface area (Å²) in [5, 5.41) is 5.44. The Morgan fingerprint density at radius 2 is 1.84 bits per heavy atom. The Labute approximate surface area is 151 Å². The molecule has 0 radical (unpaired) electrons. The number of hydrogen-bond donors (Lipinski definition) is 1. The second-order valence-electron chi connectivity index (χ2n) is 6.23. The number of thiazole rings is 1. The van der Waals surface area contributed by atoms with Gasteiger partial charge in [-0.2, -0.15) is 0 Å². The Bertz CT molecular complexity index is 749. The maximum Gasteiger partial charge on any atom is 0.240 e. The van der Waals surface area contributed by atoms with Crippen LogP contribution < -0.4 is 5.32 Å². The average Bonchev–Trinajstić information content (AvgIpc) is 3.04. The average molecular weight is 358 g/mol. The fourth-order valence-electron chi connectivity index (χ4n) is 2.77. The minimum atomic E-state index is -0.0684. The predicted octanol–water partition coefficient (Wildman–Crippen LogP) is 2.22. The van der Waals surface area contributed by atoms with Crippen molar-refractivity contribution in [3.8, 4) is 11.3 Å². The van der Waals surface area contributed by atoms with Crippen LogP contribution in [0.5, 0.6) is 0 Å². The normalized spacial score (nSPS) is 15.2. The maximum atomic E-state index is 12.2. The van der Waals surface area contributed by atoms with Gasteiger partial charge in [0.25, 0.3) is 0 Å². The van der Waals surface area contributed by atoms with Crippen molar-refractivity contribution < 1.29 is 9.59 Å². The highest BCUT2D eigenvalue weighted by molar-refractivity contribution is 7.14. The van der Waals surface area contributed by atoms with Gasteiger partial charge in [-0.1, -0.05) is 29.8 Å². The van der Waals surface area contributed by atoms with Crippen LogP contribution in [0.4, 0.5) is 5.13 Å². The molecule has 7 heteroatoms. The molecule has 0 spiro atoms. The predicted molar refractivity (Wildman–Crippen MR) is 99.6 cm³/mol. The van der Waals surface area contributed by atoms with E-state index in [1.165, 1.54) is 16.9 Å². The van der Waals surface area contributed by atoms with Crippen molar-refractivity contribution in [2.24, 2.45) is 0 Å². The molecule has 2 amide bonds. The van der Waals surface area contributed by atoms with Crippen molar-refractivity contribution in [2.45, 2.75) is 13.8 Å². The second-order valence-corrected chi connectivity index (χ2v) is 7.09. The van der Waals surface area contributed by atoms with E-state index >= 15 is 0 Å². The van der Waals surface area contributed by atoms with Gasteiger partial charge in [-0.25, -0.2) is 4.98 Å². The molecular formula is C18H22N4O2S. The Kier molecular flexibility index (Phi) is 5.45. The zero-order valence-electron chi connectivity index (χ0n) is 14.5. The summed E-state index contributed by atoms with van der Waals surface area (Å²) in [4.78, 5) is 31.9. The standard InChI is InChI=1S/C18H22N4O2S/c1-13-3-5-15(6-4-13)16-12-25-18(19-16)20-17(24)11-21-7-9-22(10-8-21)14(2)23/h3-6,12H,7-11H2,1-2H3,(H,19,20,24). The van der Waals surface area contributed by atoms with Gasteiger partial charge in [-0.05, 0) is 6.92 Å². The van der Waals surface area contributed by atoms with Gasteiger partial charge < -0.3 is 10.2 Å². The van der Waals surface area contributed by atoms with Crippen LogP contribution in [-0.2, 0) is 9.59 Å². The van der Waals surface area contributed by atoms with Crippen LogP contribution in [-0.4, -0.2) is 59.3 Å². The van der Waals surface area contributed by atoms with E-state index in [0.29, 0.717) is 24.8 Å². The number of carbonyl (C=O) groups excluding carboxylic acids is 2. The molecule has 1 aliphatic rings.